The molecule has 0 radical (unpaired) electrons. The van der Waals surface area contributed by atoms with Crippen LogP contribution in [0, 0.1) is 11.7 Å². The highest BCUT2D eigenvalue weighted by molar-refractivity contribution is 5.96. The van der Waals surface area contributed by atoms with Gasteiger partial charge in [0.2, 0.25) is 0 Å². The standard InChI is InChI=1S/C20H19FN2O4/c1-11(2)10-23-15-8-13(7-12-3-5-14(21)6-4-12)9-22-17(15)18(24)16(19(23)25)20(26)27/h3-6,8-9,11,24H,7,10H2,1-2H3,(H,26,27)/p-1. The summed E-state index contributed by atoms with van der Waals surface area (Å²) in [7, 11) is 0. The minimum absolute atomic E-state index is 0.0458. The summed E-state index contributed by atoms with van der Waals surface area (Å²) in [5, 5.41) is 21.7. The Kier molecular flexibility index (Phi) is 4.94. The first-order valence-electron chi connectivity index (χ1n) is 8.48. The van der Waals surface area contributed by atoms with Crippen molar-refractivity contribution in [2.75, 3.05) is 0 Å². The first-order chi connectivity index (χ1) is 12.8. The molecular weight excluding hydrogens is 351 g/mol. The average Bonchev–Trinajstić information content (AvgIpc) is 2.60. The Bertz CT molecular complexity index is 1070. The Morgan fingerprint density at radius 1 is 1.26 bits per heavy atom. The lowest BCUT2D eigenvalue weighted by Gasteiger charge is -2.19. The molecule has 0 aliphatic heterocycles. The largest absolute Gasteiger partial charge is 0.870 e. The number of aromatic carboxylic acids is 1. The molecule has 7 heteroatoms. The van der Waals surface area contributed by atoms with Gasteiger partial charge in [-0.1, -0.05) is 31.7 Å². The van der Waals surface area contributed by atoms with Gasteiger partial charge in [0, 0.05) is 12.7 Å². The smallest absolute Gasteiger partial charge is 0.340 e. The summed E-state index contributed by atoms with van der Waals surface area (Å²) in [4.78, 5) is 28.1. The Balaban J connectivity index is 2.19. The topological polar surface area (TPSA) is 95.2 Å². The zero-order chi connectivity index (χ0) is 19.7. The highest BCUT2D eigenvalue weighted by Crippen LogP contribution is 2.24. The van der Waals surface area contributed by atoms with Crippen molar-refractivity contribution < 1.29 is 19.4 Å². The first kappa shape index (κ1) is 18.6. The normalized spacial score (nSPS) is 11.3. The average molecular weight is 369 g/mol. The molecule has 0 atom stereocenters. The molecule has 0 aliphatic rings. The highest BCUT2D eigenvalue weighted by atomic mass is 19.1. The maximum atomic E-state index is 13.1. The van der Waals surface area contributed by atoms with E-state index in [1.807, 2.05) is 13.8 Å². The fourth-order valence-electron chi connectivity index (χ4n) is 3.01. The van der Waals surface area contributed by atoms with Gasteiger partial charge in [0.1, 0.15) is 11.4 Å². The van der Waals surface area contributed by atoms with Crippen molar-refractivity contribution in [3.05, 3.63) is 69.4 Å². The van der Waals surface area contributed by atoms with Crippen molar-refractivity contribution in [2.45, 2.75) is 26.8 Å². The second-order valence-corrected chi connectivity index (χ2v) is 6.83. The van der Waals surface area contributed by atoms with Crippen LogP contribution >= 0.6 is 0 Å². The summed E-state index contributed by atoms with van der Waals surface area (Å²) >= 11 is 0. The molecule has 0 amide bonds. The van der Waals surface area contributed by atoms with Gasteiger partial charge in [0.15, 0.2) is 0 Å². The lowest BCUT2D eigenvalue weighted by molar-refractivity contribution is -0.266. The minimum atomic E-state index is -1.55. The van der Waals surface area contributed by atoms with Gasteiger partial charge in [0.25, 0.3) is 5.56 Å². The minimum Gasteiger partial charge on any atom is -0.870 e. The predicted octanol–water partition coefficient (Wildman–Crippen LogP) is 2.55. The van der Waals surface area contributed by atoms with E-state index in [1.54, 1.807) is 18.2 Å². The van der Waals surface area contributed by atoms with Crippen LogP contribution in [0.4, 0.5) is 4.39 Å². The predicted molar refractivity (Wildman–Crippen MR) is 96.5 cm³/mol. The molecule has 1 aromatic carbocycles. The van der Waals surface area contributed by atoms with Crippen molar-refractivity contribution in [1.82, 2.24) is 9.55 Å². The molecule has 3 aromatic rings. The Labute approximate surface area is 154 Å². The number of carboxylic acids is 1. The van der Waals surface area contributed by atoms with E-state index in [9.17, 15) is 24.2 Å². The highest BCUT2D eigenvalue weighted by Gasteiger charge is 2.18. The van der Waals surface area contributed by atoms with Crippen molar-refractivity contribution in [1.29, 1.82) is 0 Å². The number of rotatable bonds is 5. The maximum absolute atomic E-state index is 13.1. The molecule has 0 unspecified atom stereocenters. The fraction of sp³-hybridized carbons (Fsp3) is 0.250. The van der Waals surface area contributed by atoms with Gasteiger partial charge in [-0.25, -0.2) is 9.18 Å². The summed E-state index contributed by atoms with van der Waals surface area (Å²) in [5.74, 6) is -2.71. The Morgan fingerprint density at radius 3 is 2.52 bits per heavy atom. The number of carbonyl (C=O) groups is 1. The lowest BCUT2D eigenvalue weighted by atomic mass is 10.0. The summed E-state index contributed by atoms with van der Waals surface area (Å²) in [6.07, 6.45) is 1.91. The number of pyridine rings is 2. The van der Waals surface area contributed by atoms with Crippen LogP contribution in [0.5, 0.6) is 5.75 Å². The van der Waals surface area contributed by atoms with E-state index in [0.717, 1.165) is 11.1 Å². The van der Waals surface area contributed by atoms with Crippen LogP contribution in [0.2, 0.25) is 0 Å². The van der Waals surface area contributed by atoms with E-state index >= 15 is 0 Å². The Morgan fingerprint density at radius 2 is 1.93 bits per heavy atom. The number of benzene rings is 1. The molecule has 2 heterocycles. The van der Waals surface area contributed by atoms with Crippen molar-refractivity contribution in [2.24, 2.45) is 5.92 Å². The number of nitrogens with zero attached hydrogens (tertiary/aromatic N) is 2. The molecule has 2 aromatic heterocycles. The molecule has 0 saturated heterocycles. The van der Waals surface area contributed by atoms with Gasteiger partial charge < -0.3 is 14.8 Å². The maximum Gasteiger partial charge on any atom is 0.340 e. The van der Waals surface area contributed by atoms with Crippen LogP contribution < -0.4 is 10.7 Å². The van der Waals surface area contributed by atoms with Gasteiger partial charge in [-0.2, -0.15) is 0 Å². The third kappa shape index (κ3) is 3.67. The van der Waals surface area contributed by atoms with E-state index < -0.39 is 22.8 Å². The van der Waals surface area contributed by atoms with Crippen LogP contribution in [0.25, 0.3) is 11.0 Å². The molecule has 27 heavy (non-hydrogen) atoms. The summed E-state index contributed by atoms with van der Waals surface area (Å²) in [6.45, 7) is 4.04. The van der Waals surface area contributed by atoms with Crippen molar-refractivity contribution in [3.8, 4) is 5.75 Å². The SMILES string of the molecule is CC(C)Cn1c(=O)c(C(=O)O)c([O-])c2ncc(Cc3ccc(F)cc3)cc21. The molecule has 140 valence electrons. The van der Waals surface area contributed by atoms with Crippen LogP contribution in [0.3, 0.4) is 0 Å². The third-order valence-electron chi connectivity index (χ3n) is 4.20. The zero-order valence-corrected chi connectivity index (χ0v) is 14.9. The van der Waals surface area contributed by atoms with Gasteiger partial charge in [-0.05, 0) is 41.7 Å². The number of carboxylic acid groups (broad SMARTS) is 1. The molecule has 3 rings (SSSR count). The number of hydrogen-bond donors (Lipinski definition) is 1. The van der Waals surface area contributed by atoms with E-state index in [-0.39, 0.29) is 23.8 Å². The van der Waals surface area contributed by atoms with E-state index in [4.69, 9.17) is 0 Å². The molecule has 0 bridgehead atoms. The number of halogens is 1. The van der Waals surface area contributed by atoms with Crippen molar-refractivity contribution in [3.63, 3.8) is 0 Å². The van der Waals surface area contributed by atoms with Gasteiger partial charge in [-0.3, -0.25) is 9.78 Å². The molecule has 0 aliphatic carbocycles. The second-order valence-electron chi connectivity index (χ2n) is 6.83. The van der Waals surface area contributed by atoms with Crippen LogP contribution in [-0.4, -0.2) is 20.6 Å². The Hall–Kier alpha value is -3.22. The molecule has 0 fully saturated rings. The van der Waals surface area contributed by atoms with Crippen molar-refractivity contribution >= 4 is 17.0 Å². The number of fused-ring (bicyclic) bond motifs is 1. The molecule has 6 nitrogen and oxygen atoms in total. The van der Waals surface area contributed by atoms with Crippen LogP contribution in [0.1, 0.15) is 35.3 Å². The molecule has 0 spiro atoms. The van der Waals surface area contributed by atoms with E-state index in [2.05, 4.69) is 4.98 Å². The molecule has 1 N–H and O–H groups in total. The number of hydrogen-bond acceptors (Lipinski definition) is 4. The first-order valence-corrected chi connectivity index (χ1v) is 8.48. The summed E-state index contributed by atoms with van der Waals surface area (Å²) in [6, 6.07) is 7.67. The van der Waals surface area contributed by atoms with Gasteiger partial charge in [-0.15, -0.1) is 0 Å². The fourth-order valence-corrected chi connectivity index (χ4v) is 3.01. The monoisotopic (exact) mass is 369 g/mol. The zero-order valence-electron chi connectivity index (χ0n) is 14.9. The van der Waals surface area contributed by atoms with Crippen LogP contribution in [0.15, 0.2) is 41.3 Å². The quantitative estimate of drug-likeness (QED) is 0.746. The molecular formula is C20H18FN2O4-. The van der Waals surface area contributed by atoms with Gasteiger partial charge in [0.05, 0.1) is 11.0 Å². The summed E-state index contributed by atoms with van der Waals surface area (Å²) < 4.78 is 14.4. The lowest BCUT2D eigenvalue weighted by Crippen LogP contribution is -2.30. The second kappa shape index (κ2) is 7.19. The van der Waals surface area contributed by atoms with Gasteiger partial charge >= 0.3 is 5.97 Å². The van der Waals surface area contributed by atoms with E-state index in [0.29, 0.717) is 11.9 Å². The van der Waals surface area contributed by atoms with E-state index in [1.165, 1.54) is 22.9 Å². The summed E-state index contributed by atoms with van der Waals surface area (Å²) in [5.41, 5.74) is 0.225. The third-order valence-corrected chi connectivity index (χ3v) is 4.20. The molecule has 0 saturated carbocycles. The number of aromatic nitrogens is 2. The van der Waals surface area contributed by atoms with Crippen LogP contribution in [-0.2, 0) is 13.0 Å².